The number of β-amino-alcohol motifs (C(OH)–C–C–N with tert-alkyl or cyclic N) is 1. The maximum absolute atomic E-state index is 12.6. The van der Waals surface area contributed by atoms with E-state index in [0.717, 1.165) is 44.2 Å². The summed E-state index contributed by atoms with van der Waals surface area (Å²) in [5.41, 5.74) is 3.99. The Morgan fingerprint density at radius 2 is 2.00 bits per heavy atom. The van der Waals surface area contributed by atoms with E-state index in [1.807, 2.05) is 0 Å². The number of ketones is 1. The second-order valence-electron chi connectivity index (χ2n) is 7.53. The molecule has 1 fully saturated rings. The normalized spacial score (nSPS) is 20.6. The van der Waals surface area contributed by atoms with Crippen LogP contribution in [0.15, 0.2) is 30.5 Å². The van der Waals surface area contributed by atoms with E-state index in [0.29, 0.717) is 18.5 Å². The number of hydrogen-bond donors (Lipinski definition) is 1. The number of Topliss-reactive ketones (excluding diaryl/α,β-unsaturated/α-hetero) is 1. The lowest BCUT2D eigenvalue weighted by Crippen LogP contribution is -2.47. The number of hydrogen-bond acceptors (Lipinski definition) is 6. The molecule has 0 radical (unpaired) electrons. The Morgan fingerprint density at radius 3 is 2.74 bits per heavy atom. The third-order valence-electron chi connectivity index (χ3n) is 5.61. The van der Waals surface area contributed by atoms with Crippen molar-refractivity contribution in [3.63, 3.8) is 0 Å². The van der Waals surface area contributed by atoms with Gasteiger partial charge in [-0.2, -0.15) is 0 Å². The summed E-state index contributed by atoms with van der Waals surface area (Å²) < 4.78 is 0. The highest BCUT2D eigenvalue weighted by molar-refractivity contribution is 5.98. The smallest absolute Gasteiger partial charge is 0.225 e. The van der Waals surface area contributed by atoms with Gasteiger partial charge in [-0.05, 0) is 24.8 Å². The third kappa shape index (κ3) is 3.87. The average Bonchev–Trinajstić information content (AvgIpc) is 2.68. The van der Waals surface area contributed by atoms with E-state index in [-0.39, 0.29) is 18.3 Å². The zero-order valence-electron chi connectivity index (χ0n) is 15.8. The summed E-state index contributed by atoms with van der Waals surface area (Å²) >= 11 is 0. The van der Waals surface area contributed by atoms with Crippen LogP contribution in [0.5, 0.6) is 0 Å². The molecular weight excluding hydrogens is 340 g/mol. The van der Waals surface area contributed by atoms with E-state index in [2.05, 4.69) is 46.0 Å². The molecule has 1 N–H and O–H groups in total. The second-order valence-corrected chi connectivity index (χ2v) is 7.53. The number of carbonyl (C=O) groups excluding carboxylic acids is 1. The van der Waals surface area contributed by atoms with Gasteiger partial charge in [0.05, 0.1) is 17.9 Å². The number of fused-ring (bicyclic) bond motifs is 1. The highest BCUT2D eigenvalue weighted by Crippen LogP contribution is 2.32. The minimum absolute atomic E-state index is 0.141. The van der Waals surface area contributed by atoms with Gasteiger partial charge in [0.15, 0.2) is 5.78 Å². The first-order valence-electron chi connectivity index (χ1n) is 9.68. The number of aliphatic hydroxyl groups excluding tert-OH is 1. The summed E-state index contributed by atoms with van der Waals surface area (Å²) in [5.74, 6) is 1.05. The molecule has 1 aliphatic heterocycles. The van der Waals surface area contributed by atoms with Gasteiger partial charge < -0.3 is 10.0 Å². The monoisotopic (exact) mass is 366 g/mol. The number of anilines is 1. The summed E-state index contributed by atoms with van der Waals surface area (Å²) in [7, 11) is 0. The minimum atomic E-state index is 0.141. The molecule has 4 rings (SSSR count). The van der Waals surface area contributed by atoms with Crippen molar-refractivity contribution in [2.75, 3.05) is 44.2 Å². The molecule has 1 atom stereocenters. The van der Waals surface area contributed by atoms with Gasteiger partial charge in [0.25, 0.3) is 0 Å². The lowest BCUT2D eigenvalue weighted by molar-refractivity contribution is 0.0962. The zero-order valence-corrected chi connectivity index (χ0v) is 15.8. The molecule has 0 amide bonds. The maximum Gasteiger partial charge on any atom is 0.225 e. The highest BCUT2D eigenvalue weighted by atomic mass is 16.3. The van der Waals surface area contributed by atoms with Gasteiger partial charge in [0.2, 0.25) is 5.95 Å². The van der Waals surface area contributed by atoms with E-state index in [9.17, 15) is 4.79 Å². The summed E-state index contributed by atoms with van der Waals surface area (Å²) in [6.07, 6.45) is 3.02. The molecule has 6 heteroatoms. The van der Waals surface area contributed by atoms with E-state index in [1.165, 1.54) is 11.1 Å². The molecule has 142 valence electrons. The van der Waals surface area contributed by atoms with Crippen molar-refractivity contribution in [2.45, 2.75) is 25.7 Å². The first kappa shape index (κ1) is 18.1. The SMILES string of the molecule is Cc1cccc([C@@H]2CC(=O)c3cnc(N4CCN(CCO)CC4)nc3C2)c1. The molecular formula is C21H26N4O2. The van der Waals surface area contributed by atoms with Crippen molar-refractivity contribution in [2.24, 2.45) is 0 Å². The van der Waals surface area contributed by atoms with Crippen LogP contribution in [0.4, 0.5) is 5.95 Å². The largest absolute Gasteiger partial charge is 0.395 e. The zero-order chi connectivity index (χ0) is 18.8. The van der Waals surface area contributed by atoms with Crippen LogP contribution in [0, 0.1) is 6.92 Å². The highest BCUT2D eigenvalue weighted by Gasteiger charge is 2.29. The van der Waals surface area contributed by atoms with E-state index in [1.54, 1.807) is 6.20 Å². The number of piperazine rings is 1. The lowest BCUT2D eigenvalue weighted by Gasteiger charge is -2.34. The van der Waals surface area contributed by atoms with Gasteiger partial charge in [0, 0.05) is 45.3 Å². The Balaban J connectivity index is 1.53. The van der Waals surface area contributed by atoms with E-state index < -0.39 is 0 Å². The van der Waals surface area contributed by atoms with Gasteiger partial charge in [-0.3, -0.25) is 9.69 Å². The Bertz CT molecular complexity index is 831. The minimum Gasteiger partial charge on any atom is -0.395 e. The number of aryl methyl sites for hydroxylation is 1. The van der Waals surface area contributed by atoms with Crippen molar-refractivity contribution in [3.05, 3.63) is 52.8 Å². The predicted octanol–water partition coefficient (Wildman–Crippen LogP) is 1.81. The standard InChI is InChI=1S/C21H26N4O2/c1-15-3-2-4-16(11-15)17-12-19-18(20(27)13-17)14-22-21(23-19)25-7-5-24(6-8-25)9-10-26/h2-4,11,14,17,26H,5-10,12-13H2,1H3/t17-/m0/s1. The summed E-state index contributed by atoms with van der Waals surface area (Å²) in [5, 5.41) is 9.08. The molecule has 1 aromatic heterocycles. The third-order valence-corrected chi connectivity index (χ3v) is 5.61. The van der Waals surface area contributed by atoms with Crippen LogP contribution in [-0.4, -0.2) is 65.1 Å². The molecule has 6 nitrogen and oxygen atoms in total. The molecule has 2 aliphatic rings. The predicted molar refractivity (Wildman–Crippen MR) is 104 cm³/mol. The Kier molecular flexibility index (Phi) is 5.18. The summed E-state index contributed by atoms with van der Waals surface area (Å²) in [6, 6.07) is 8.42. The lowest BCUT2D eigenvalue weighted by atomic mass is 9.82. The Morgan fingerprint density at radius 1 is 1.19 bits per heavy atom. The molecule has 1 saturated heterocycles. The Labute approximate surface area is 159 Å². The molecule has 0 unspecified atom stereocenters. The fourth-order valence-corrected chi connectivity index (χ4v) is 4.06. The topological polar surface area (TPSA) is 69.6 Å². The average molecular weight is 366 g/mol. The van der Waals surface area contributed by atoms with Crippen LogP contribution in [0.2, 0.25) is 0 Å². The maximum atomic E-state index is 12.6. The van der Waals surface area contributed by atoms with Gasteiger partial charge in [-0.15, -0.1) is 0 Å². The molecule has 0 bridgehead atoms. The molecule has 27 heavy (non-hydrogen) atoms. The van der Waals surface area contributed by atoms with E-state index in [4.69, 9.17) is 10.1 Å². The first-order valence-corrected chi connectivity index (χ1v) is 9.68. The number of benzene rings is 1. The number of aromatic nitrogens is 2. The molecule has 2 heterocycles. The van der Waals surface area contributed by atoms with Gasteiger partial charge in [0.1, 0.15) is 0 Å². The molecule has 1 aromatic carbocycles. The van der Waals surface area contributed by atoms with Crippen molar-refractivity contribution < 1.29 is 9.90 Å². The van der Waals surface area contributed by atoms with Gasteiger partial charge in [-0.25, -0.2) is 9.97 Å². The quantitative estimate of drug-likeness (QED) is 0.890. The van der Waals surface area contributed by atoms with Crippen LogP contribution >= 0.6 is 0 Å². The molecule has 0 saturated carbocycles. The number of carbonyl (C=O) groups is 1. The van der Waals surface area contributed by atoms with Crippen molar-refractivity contribution >= 4 is 11.7 Å². The molecule has 1 aliphatic carbocycles. The second kappa shape index (κ2) is 7.74. The van der Waals surface area contributed by atoms with Crippen LogP contribution in [0.25, 0.3) is 0 Å². The van der Waals surface area contributed by atoms with Crippen LogP contribution < -0.4 is 4.90 Å². The molecule has 2 aromatic rings. The fraction of sp³-hybridized carbons (Fsp3) is 0.476. The molecule has 0 spiro atoms. The van der Waals surface area contributed by atoms with Gasteiger partial charge in [-0.1, -0.05) is 29.8 Å². The first-order chi connectivity index (χ1) is 13.1. The van der Waals surface area contributed by atoms with Crippen LogP contribution in [0.1, 0.15) is 39.5 Å². The summed E-state index contributed by atoms with van der Waals surface area (Å²) in [6.45, 7) is 6.46. The number of nitrogens with zero attached hydrogens (tertiary/aromatic N) is 4. The van der Waals surface area contributed by atoms with Crippen LogP contribution in [-0.2, 0) is 6.42 Å². The van der Waals surface area contributed by atoms with E-state index >= 15 is 0 Å². The van der Waals surface area contributed by atoms with Crippen molar-refractivity contribution in [1.82, 2.24) is 14.9 Å². The Hall–Kier alpha value is -2.31. The van der Waals surface area contributed by atoms with Gasteiger partial charge >= 0.3 is 0 Å². The van der Waals surface area contributed by atoms with Crippen molar-refractivity contribution in [3.8, 4) is 0 Å². The van der Waals surface area contributed by atoms with Crippen molar-refractivity contribution in [1.29, 1.82) is 0 Å². The summed E-state index contributed by atoms with van der Waals surface area (Å²) in [4.78, 5) is 26.3. The van der Waals surface area contributed by atoms with Crippen LogP contribution in [0.3, 0.4) is 0 Å². The number of rotatable bonds is 4. The number of aliphatic hydroxyl groups is 1. The fourth-order valence-electron chi connectivity index (χ4n) is 4.06.